The van der Waals surface area contributed by atoms with Crippen LogP contribution in [0.5, 0.6) is 0 Å². The maximum atomic E-state index is 11.0. The van der Waals surface area contributed by atoms with Crippen molar-refractivity contribution in [3.05, 3.63) is 0 Å². The van der Waals surface area contributed by atoms with Gasteiger partial charge in [-0.2, -0.15) is 5.26 Å². The van der Waals surface area contributed by atoms with Crippen molar-refractivity contribution in [3.63, 3.8) is 0 Å². The number of carbonyl (C=O) groups is 1. The van der Waals surface area contributed by atoms with Crippen molar-refractivity contribution in [3.8, 4) is 6.07 Å². The van der Waals surface area contributed by atoms with Crippen LogP contribution in [0.25, 0.3) is 0 Å². The lowest BCUT2D eigenvalue weighted by atomic mass is 10.1. The molecule has 0 saturated carbocycles. The maximum absolute atomic E-state index is 11.0. The first-order valence-corrected chi connectivity index (χ1v) is 5.36. The molecule has 2 unspecified atom stereocenters. The highest BCUT2D eigenvalue weighted by molar-refractivity contribution is 5.73. The molecule has 0 spiro atoms. The zero-order valence-electron chi connectivity index (χ0n) is 9.73. The average Bonchev–Trinajstić information content (AvgIpc) is 2.18. The zero-order valence-corrected chi connectivity index (χ0v) is 9.73. The topological polar surface area (TPSA) is 64.3 Å². The first-order chi connectivity index (χ1) is 7.04. The van der Waals surface area contributed by atoms with Crippen molar-refractivity contribution in [1.29, 1.82) is 5.26 Å². The quantitative estimate of drug-likeness (QED) is 0.699. The summed E-state index contributed by atoms with van der Waals surface area (Å²) in [6.07, 6.45) is 2.91. The molecule has 0 aromatic rings. The van der Waals surface area contributed by atoms with E-state index in [4.69, 9.17) is 10.4 Å². The number of unbranched alkanes of at least 4 members (excludes halogenated alkanes) is 1. The molecule has 4 nitrogen and oxygen atoms in total. The molecule has 0 heterocycles. The Kier molecular flexibility index (Phi) is 6.72. The van der Waals surface area contributed by atoms with Gasteiger partial charge in [-0.25, -0.2) is 0 Å². The van der Waals surface area contributed by atoms with E-state index in [1.54, 1.807) is 11.9 Å². The molecule has 0 rings (SSSR count). The Morgan fingerprint density at radius 3 is 2.60 bits per heavy atom. The minimum atomic E-state index is -0.796. The highest BCUT2D eigenvalue weighted by atomic mass is 16.4. The Bertz CT molecular complexity index is 235. The predicted molar refractivity (Wildman–Crippen MR) is 58.4 cm³/mol. The molecule has 4 heteroatoms. The lowest BCUT2D eigenvalue weighted by Crippen LogP contribution is -2.43. The largest absolute Gasteiger partial charge is 0.480 e. The molecular formula is C11H20N2O2. The second-order valence-electron chi connectivity index (χ2n) is 3.87. The van der Waals surface area contributed by atoms with Crippen molar-refractivity contribution in [1.82, 2.24) is 4.90 Å². The van der Waals surface area contributed by atoms with Crippen LogP contribution in [0.3, 0.4) is 0 Å². The number of rotatable bonds is 7. The molecule has 0 fully saturated rings. The molecule has 0 aliphatic rings. The number of carboxylic acid groups (broad SMARTS) is 1. The van der Waals surface area contributed by atoms with Crippen molar-refractivity contribution >= 4 is 5.97 Å². The molecule has 86 valence electrons. The SMILES string of the molecule is CCCCC(C(=O)O)N(C)C(C)CC#N. The Morgan fingerprint density at radius 2 is 2.20 bits per heavy atom. The van der Waals surface area contributed by atoms with Crippen LogP contribution in [-0.2, 0) is 4.79 Å². The second kappa shape index (κ2) is 7.24. The molecule has 2 atom stereocenters. The number of nitrogens with zero attached hydrogens (tertiary/aromatic N) is 2. The molecule has 0 radical (unpaired) electrons. The van der Waals surface area contributed by atoms with Gasteiger partial charge in [0.25, 0.3) is 0 Å². The fraction of sp³-hybridized carbons (Fsp3) is 0.818. The number of hydrogen-bond acceptors (Lipinski definition) is 3. The van der Waals surface area contributed by atoms with Crippen molar-refractivity contribution in [2.24, 2.45) is 0 Å². The number of nitriles is 1. The molecule has 0 bridgehead atoms. The van der Waals surface area contributed by atoms with E-state index >= 15 is 0 Å². The molecule has 0 aromatic carbocycles. The van der Waals surface area contributed by atoms with E-state index in [1.165, 1.54) is 0 Å². The van der Waals surface area contributed by atoms with Gasteiger partial charge in [0, 0.05) is 6.04 Å². The summed E-state index contributed by atoms with van der Waals surface area (Å²) in [7, 11) is 1.77. The standard InChI is InChI=1S/C11H20N2O2/c1-4-5-6-10(11(14)15)13(3)9(2)7-8-12/h9-10H,4-7H2,1-3H3,(H,14,15). The third-order valence-electron chi connectivity index (χ3n) is 2.69. The minimum absolute atomic E-state index is 0.00652. The third kappa shape index (κ3) is 4.80. The predicted octanol–water partition coefficient (Wildman–Crippen LogP) is 1.86. The van der Waals surface area contributed by atoms with E-state index in [2.05, 4.69) is 6.07 Å². The fourth-order valence-electron chi connectivity index (χ4n) is 1.48. The van der Waals surface area contributed by atoms with E-state index in [-0.39, 0.29) is 6.04 Å². The van der Waals surface area contributed by atoms with Gasteiger partial charge >= 0.3 is 5.97 Å². The highest BCUT2D eigenvalue weighted by Crippen LogP contribution is 2.12. The van der Waals surface area contributed by atoms with Crippen LogP contribution in [0, 0.1) is 11.3 Å². The summed E-state index contributed by atoms with van der Waals surface area (Å²) in [6, 6.07) is 1.59. The van der Waals surface area contributed by atoms with Gasteiger partial charge in [0.2, 0.25) is 0 Å². The number of hydrogen-bond donors (Lipinski definition) is 1. The van der Waals surface area contributed by atoms with Gasteiger partial charge in [-0.15, -0.1) is 0 Å². The van der Waals surface area contributed by atoms with E-state index in [9.17, 15) is 4.79 Å². The molecule has 0 saturated heterocycles. The van der Waals surface area contributed by atoms with E-state index in [0.29, 0.717) is 12.8 Å². The Morgan fingerprint density at radius 1 is 1.60 bits per heavy atom. The van der Waals surface area contributed by atoms with Crippen LogP contribution in [0.4, 0.5) is 0 Å². The van der Waals surface area contributed by atoms with Gasteiger partial charge in [0.15, 0.2) is 0 Å². The van der Waals surface area contributed by atoms with Gasteiger partial charge in [-0.05, 0) is 20.4 Å². The summed E-state index contributed by atoms with van der Waals surface area (Å²) in [5, 5.41) is 17.6. The lowest BCUT2D eigenvalue weighted by Gasteiger charge is -2.29. The van der Waals surface area contributed by atoms with Crippen molar-refractivity contribution in [2.75, 3.05) is 7.05 Å². The van der Waals surface area contributed by atoms with E-state index < -0.39 is 12.0 Å². The van der Waals surface area contributed by atoms with Crippen LogP contribution in [0.15, 0.2) is 0 Å². The molecule has 15 heavy (non-hydrogen) atoms. The second-order valence-corrected chi connectivity index (χ2v) is 3.87. The zero-order chi connectivity index (χ0) is 11.8. The van der Waals surface area contributed by atoms with Gasteiger partial charge in [-0.3, -0.25) is 9.69 Å². The molecular weight excluding hydrogens is 192 g/mol. The van der Waals surface area contributed by atoms with Gasteiger partial charge < -0.3 is 5.11 Å². The van der Waals surface area contributed by atoms with E-state index in [0.717, 1.165) is 12.8 Å². The number of likely N-dealkylation sites (N-methyl/N-ethyl adjacent to an activating group) is 1. The summed E-state index contributed by atoms with van der Waals surface area (Å²) >= 11 is 0. The molecule has 0 aromatic heterocycles. The third-order valence-corrected chi connectivity index (χ3v) is 2.69. The summed E-state index contributed by atoms with van der Waals surface area (Å²) in [5.74, 6) is -0.796. The van der Waals surface area contributed by atoms with Crippen LogP contribution in [0.2, 0.25) is 0 Å². The summed E-state index contributed by atoms with van der Waals surface area (Å²) in [6.45, 7) is 3.92. The smallest absolute Gasteiger partial charge is 0.320 e. The molecule has 1 N–H and O–H groups in total. The molecule has 0 aliphatic carbocycles. The van der Waals surface area contributed by atoms with E-state index in [1.807, 2.05) is 13.8 Å². The van der Waals surface area contributed by atoms with Gasteiger partial charge in [0.05, 0.1) is 12.5 Å². The van der Waals surface area contributed by atoms with Gasteiger partial charge in [0.1, 0.15) is 6.04 Å². The van der Waals surface area contributed by atoms with Crippen molar-refractivity contribution in [2.45, 2.75) is 51.6 Å². The fourth-order valence-corrected chi connectivity index (χ4v) is 1.48. The van der Waals surface area contributed by atoms with Crippen molar-refractivity contribution < 1.29 is 9.90 Å². The van der Waals surface area contributed by atoms with Crippen LogP contribution < -0.4 is 0 Å². The molecule has 0 aliphatic heterocycles. The minimum Gasteiger partial charge on any atom is -0.480 e. The van der Waals surface area contributed by atoms with Crippen LogP contribution in [0.1, 0.15) is 39.5 Å². The Labute approximate surface area is 91.5 Å². The lowest BCUT2D eigenvalue weighted by molar-refractivity contribution is -0.143. The maximum Gasteiger partial charge on any atom is 0.320 e. The van der Waals surface area contributed by atoms with Gasteiger partial charge in [-0.1, -0.05) is 19.8 Å². The number of aliphatic carboxylic acids is 1. The summed E-state index contributed by atoms with van der Waals surface area (Å²) in [5.41, 5.74) is 0. The average molecular weight is 212 g/mol. The van der Waals surface area contributed by atoms with Crippen LogP contribution >= 0.6 is 0 Å². The normalized spacial score (nSPS) is 14.6. The Balaban J connectivity index is 4.34. The summed E-state index contributed by atoms with van der Waals surface area (Å²) in [4.78, 5) is 12.8. The first-order valence-electron chi connectivity index (χ1n) is 5.36. The summed E-state index contributed by atoms with van der Waals surface area (Å²) < 4.78 is 0. The number of carboxylic acids is 1. The molecule has 0 amide bonds. The Hall–Kier alpha value is -1.08. The monoisotopic (exact) mass is 212 g/mol. The van der Waals surface area contributed by atoms with Crippen LogP contribution in [-0.4, -0.2) is 35.1 Å². The first kappa shape index (κ1) is 13.9. The highest BCUT2D eigenvalue weighted by Gasteiger charge is 2.25.